The maximum absolute atomic E-state index is 6.31. The molecule has 2 nitrogen and oxygen atoms in total. The molecule has 0 aliphatic carbocycles. The molecule has 0 unspecified atom stereocenters. The van der Waals surface area contributed by atoms with E-state index in [1.165, 1.54) is 4.40 Å². The summed E-state index contributed by atoms with van der Waals surface area (Å²) in [7, 11) is 0. The van der Waals surface area contributed by atoms with Crippen LogP contribution in [-0.4, -0.2) is 18.3 Å². The molecule has 1 aromatic heterocycles. The van der Waals surface area contributed by atoms with Crippen molar-refractivity contribution in [3.63, 3.8) is 0 Å². The van der Waals surface area contributed by atoms with Crippen molar-refractivity contribution < 1.29 is 4.74 Å². The third kappa shape index (κ3) is 2.47. The molecule has 0 amide bonds. The Balaban J connectivity index is 2.02. The molecular formula is C20H19GeNO. The molecule has 114 valence electrons. The van der Waals surface area contributed by atoms with Crippen molar-refractivity contribution in [3.8, 4) is 33.9 Å². The van der Waals surface area contributed by atoms with Gasteiger partial charge >= 0.3 is 139 Å². The van der Waals surface area contributed by atoms with Gasteiger partial charge < -0.3 is 0 Å². The fourth-order valence-electron chi connectivity index (χ4n) is 3.00. The van der Waals surface area contributed by atoms with Crippen LogP contribution in [0.2, 0.25) is 17.3 Å². The van der Waals surface area contributed by atoms with Crippen molar-refractivity contribution in [3.05, 3.63) is 60.8 Å². The Hall–Kier alpha value is -2.07. The summed E-state index contributed by atoms with van der Waals surface area (Å²) >= 11 is -1.90. The molecule has 1 aliphatic heterocycles. The Labute approximate surface area is 139 Å². The van der Waals surface area contributed by atoms with E-state index in [2.05, 4.69) is 52.6 Å². The molecule has 2 heterocycles. The SMILES string of the molecule is [CH3][Ge]([CH3])([CH3])[c]1ccc2c(c1)Oc1ccccc1-c1ncccc1-2. The van der Waals surface area contributed by atoms with Gasteiger partial charge in [-0.15, -0.1) is 0 Å². The molecule has 3 heteroatoms. The first-order valence-corrected chi connectivity index (χ1v) is 15.3. The van der Waals surface area contributed by atoms with Crippen LogP contribution < -0.4 is 9.13 Å². The predicted molar refractivity (Wildman–Crippen MR) is 98.2 cm³/mol. The van der Waals surface area contributed by atoms with Gasteiger partial charge in [-0.2, -0.15) is 0 Å². The standard InChI is InChI=1S/C20H19GeNO/c1-21(2,3)14-10-11-15-16-8-6-12-22-20(16)17-7-4-5-9-18(17)23-19(15)13-14/h4-13H,1-3H3. The average molecular weight is 362 g/mol. The van der Waals surface area contributed by atoms with E-state index < -0.39 is 13.3 Å². The molecule has 0 saturated carbocycles. The Kier molecular flexibility index (Phi) is 3.31. The number of pyridine rings is 1. The fourth-order valence-corrected chi connectivity index (χ4v) is 5.41. The minimum absolute atomic E-state index is 0.879. The van der Waals surface area contributed by atoms with Crippen molar-refractivity contribution in [2.24, 2.45) is 0 Å². The molecule has 0 spiro atoms. The number of aromatic nitrogens is 1. The molecule has 2 aromatic carbocycles. The van der Waals surface area contributed by atoms with Crippen LogP contribution in [0, 0.1) is 0 Å². The Morgan fingerprint density at radius 3 is 2.39 bits per heavy atom. The van der Waals surface area contributed by atoms with Crippen molar-refractivity contribution in [1.29, 1.82) is 0 Å². The van der Waals surface area contributed by atoms with Crippen LogP contribution in [0.1, 0.15) is 0 Å². The van der Waals surface area contributed by atoms with E-state index in [1.54, 1.807) is 0 Å². The van der Waals surface area contributed by atoms with Gasteiger partial charge in [0.15, 0.2) is 0 Å². The summed E-state index contributed by atoms with van der Waals surface area (Å²) < 4.78 is 7.76. The van der Waals surface area contributed by atoms with E-state index in [4.69, 9.17) is 4.74 Å². The number of hydrogen-bond acceptors (Lipinski definition) is 2. The van der Waals surface area contributed by atoms with Crippen molar-refractivity contribution in [2.45, 2.75) is 17.3 Å². The average Bonchev–Trinajstić information content (AvgIpc) is 2.68. The van der Waals surface area contributed by atoms with Gasteiger partial charge in [0.1, 0.15) is 0 Å². The second kappa shape index (κ2) is 5.24. The molecule has 0 saturated heterocycles. The van der Waals surface area contributed by atoms with Gasteiger partial charge in [-0.1, -0.05) is 0 Å². The Morgan fingerprint density at radius 1 is 0.783 bits per heavy atom. The van der Waals surface area contributed by atoms with Gasteiger partial charge in [0, 0.05) is 0 Å². The van der Waals surface area contributed by atoms with E-state index in [-0.39, 0.29) is 0 Å². The van der Waals surface area contributed by atoms with E-state index in [0.29, 0.717) is 0 Å². The first-order chi connectivity index (χ1) is 11.0. The molecule has 23 heavy (non-hydrogen) atoms. The third-order valence-corrected chi connectivity index (χ3v) is 8.59. The van der Waals surface area contributed by atoms with Gasteiger partial charge in [-0.05, 0) is 0 Å². The number of fused-ring (bicyclic) bond motifs is 5. The van der Waals surface area contributed by atoms with Gasteiger partial charge in [0.05, 0.1) is 0 Å². The second-order valence-electron chi connectivity index (χ2n) is 6.96. The third-order valence-electron chi connectivity index (χ3n) is 4.31. The normalized spacial score (nSPS) is 12.5. The molecule has 0 bridgehead atoms. The maximum atomic E-state index is 6.31. The number of hydrogen-bond donors (Lipinski definition) is 0. The van der Waals surface area contributed by atoms with Crippen LogP contribution in [-0.2, 0) is 0 Å². The molecule has 3 aromatic rings. The molecule has 0 radical (unpaired) electrons. The number of benzene rings is 2. The van der Waals surface area contributed by atoms with E-state index in [9.17, 15) is 0 Å². The summed E-state index contributed by atoms with van der Waals surface area (Å²) in [5.41, 5.74) is 4.31. The van der Waals surface area contributed by atoms with Gasteiger partial charge in [-0.3, -0.25) is 0 Å². The summed E-state index contributed by atoms with van der Waals surface area (Å²) in [6.07, 6.45) is 1.85. The summed E-state index contributed by atoms with van der Waals surface area (Å²) in [6.45, 7) is 0. The molecule has 0 fully saturated rings. The molecule has 0 N–H and O–H groups in total. The summed E-state index contributed by atoms with van der Waals surface area (Å²) in [5.74, 6) is 9.04. The van der Waals surface area contributed by atoms with E-state index in [0.717, 1.165) is 33.9 Å². The van der Waals surface area contributed by atoms with Crippen LogP contribution in [0.5, 0.6) is 11.5 Å². The van der Waals surface area contributed by atoms with Crippen LogP contribution in [0.15, 0.2) is 60.8 Å². The zero-order valence-electron chi connectivity index (χ0n) is 13.6. The Morgan fingerprint density at radius 2 is 1.57 bits per heavy atom. The van der Waals surface area contributed by atoms with E-state index in [1.807, 2.05) is 30.5 Å². The van der Waals surface area contributed by atoms with E-state index >= 15 is 0 Å². The van der Waals surface area contributed by atoms with Crippen molar-refractivity contribution in [2.75, 3.05) is 0 Å². The quantitative estimate of drug-likeness (QED) is 0.442. The Bertz CT molecular complexity index is 896. The number of para-hydroxylation sites is 1. The molecule has 0 atom stereocenters. The van der Waals surface area contributed by atoms with Crippen LogP contribution >= 0.6 is 0 Å². The first-order valence-electron chi connectivity index (χ1n) is 7.91. The summed E-state index contributed by atoms with van der Waals surface area (Å²) in [5, 5.41) is 0. The topological polar surface area (TPSA) is 22.1 Å². The minimum atomic E-state index is -1.90. The zero-order valence-corrected chi connectivity index (χ0v) is 15.7. The summed E-state index contributed by atoms with van der Waals surface area (Å²) in [6, 6.07) is 19.0. The molecule has 4 rings (SSSR count). The van der Waals surface area contributed by atoms with Crippen LogP contribution in [0.4, 0.5) is 0 Å². The zero-order chi connectivity index (χ0) is 16.0. The van der Waals surface area contributed by atoms with Gasteiger partial charge in [0.2, 0.25) is 0 Å². The van der Waals surface area contributed by atoms with Gasteiger partial charge in [0.25, 0.3) is 0 Å². The summed E-state index contributed by atoms with van der Waals surface area (Å²) in [4.78, 5) is 4.62. The molecular weight excluding hydrogens is 343 g/mol. The van der Waals surface area contributed by atoms with Crippen molar-refractivity contribution >= 4 is 17.7 Å². The van der Waals surface area contributed by atoms with Crippen molar-refractivity contribution in [1.82, 2.24) is 4.98 Å². The van der Waals surface area contributed by atoms with Gasteiger partial charge in [-0.25, -0.2) is 0 Å². The fraction of sp³-hybridized carbons (Fsp3) is 0.150. The number of ether oxygens (including phenoxy) is 1. The second-order valence-corrected chi connectivity index (χ2v) is 17.6. The number of nitrogens with zero attached hydrogens (tertiary/aromatic N) is 1. The van der Waals surface area contributed by atoms with Crippen LogP contribution in [0.25, 0.3) is 22.4 Å². The predicted octanol–water partition coefficient (Wildman–Crippen LogP) is 5.07. The van der Waals surface area contributed by atoms with Crippen LogP contribution in [0.3, 0.4) is 0 Å². The first kappa shape index (κ1) is 14.5. The number of rotatable bonds is 1. The monoisotopic (exact) mass is 363 g/mol. The molecule has 1 aliphatic rings.